The van der Waals surface area contributed by atoms with Crippen LogP contribution in [-0.2, 0) is 4.79 Å². The average Bonchev–Trinajstić information content (AvgIpc) is 3.43. The van der Waals surface area contributed by atoms with Gasteiger partial charge in [0.1, 0.15) is 5.75 Å². The fraction of sp³-hybridized carbons (Fsp3) is 0.464. The van der Waals surface area contributed by atoms with Crippen LogP contribution in [-0.4, -0.2) is 65.6 Å². The fourth-order valence-corrected chi connectivity index (χ4v) is 5.75. The van der Waals surface area contributed by atoms with Gasteiger partial charge in [0.25, 0.3) is 5.22 Å². The van der Waals surface area contributed by atoms with Crippen molar-refractivity contribution in [3.8, 4) is 17.2 Å². The second-order valence-electron chi connectivity index (χ2n) is 9.50. The fourth-order valence-electron chi connectivity index (χ4n) is 5.19. The Hall–Kier alpha value is -3.04. The lowest BCUT2D eigenvalue weighted by Gasteiger charge is -2.42. The maximum Gasteiger partial charge on any atom is 0.277 e. The summed E-state index contributed by atoms with van der Waals surface area (Å²) < 4.78 is 11.2. The van der Waals surface area contributed by atoms with Crippen LogP contribution >= 0.6 is 11.8 Å². The highest BCUT2D eigenvalue weighted by atomic mass is 32.2. The number of thioether (sulfide) groups is 1. The first-order valence-electron chi connectivity index (χ1n) is 13.3. The Morgan fingerprint density at radius 2 is 1.78 bits per heavy atom. The Balaban J connectivity index is 1.13. The number of piperazine rings is 1. The smallest absolute Gasteiger partial charge is 0.277 e. The number of anilines is 2. The van der Waals surface area contributed by atoms with Crippen molar-refractivity contribution in [2.75, 3.05) is 48.8 Å². The number of carbonyl (C=O) groups is 1. The van der Waals surface area contributed by atoms with Gasteiger partial charge in [0.2, 0.25) is 11.8 Å². The van der Waals surface area contributed by atoms with Crippen molar-refractivity contribution in [2.24, 2.45) is 0 Å². The monoisotopic (exact) mass is 521 g/mol. The summed E-state index contributed by atoms with van der Waals surface area (Å²) in [6, 6.07) is 16.3. The minimum absolute atomic E-state index is 0.0980. The third-order valence-electron chi connectivity index (χ3n) is 7.07. The van der Waals surface area contributed by atoms with Crippen molar-refractivity contribution in [3.63, 3.8) is 0 Å². The van der Waals surface area contributed by atoms with Gasteiger partial charge in [0, 0.05) is 37.8 Å². The number of rotatable bonds is 9. The maximum atomic E-state index is 12.8. The predicted molar refractivity (Wildman–Crippen MR) is 147 cm³/mol. The molecule has 37 heavy (non-hydrogen) atoms. The first-order chi connectivity index (χ1) is 18.2. The van der Waals surface area contributed by atoms with Crippen molar-refractivity contribution in [1.82, 2.24) is 15.1 Å². The van der Waals surface area contributed by atoms with E-state index >= 15 is 0 Å². The molecule has 2 heterocycles. The van der Waals surface area contributed by atoms with Crippen LogP contribution in [0, 0.1) is 0 Å². The molecule has 0 atom stereocenters. The van der Waals surface area contributed by atoms with Crippen LogP contribution in [0.5, 0.6) is 5.75 Å². The van der Waals surface area contributed by atoms with Crippen LogP contribution in [0.1, 0.15) is 39.0 Å². The minimum atomic E-state index is -0.0980. The third-order valence-corrected chi connectivity index (χ3v) is 7.89. The van der Waals surface area contributed by atoms with E-state index < -0.39 is 0 Å². The standard InChI is InChI=1S/C28H35N5O3S/c1-2-35-23-14-12-21(13-15-23)27-30-31-28(36-27)37-20-26(34)29-24-10-6-7-11-25(24)33-18-16-32(17-19-33)22-8-4-3-5-9-22/h6-7,10-15,22H,2-5,8-9,16-20H2,1H3,(H,29,34). The van der Waals surface area contributed by atoms with Crippen molar-refractivity contribution >= 4 is 29.0 Å². The van der Waals surface area contributed by atoms with E-state index in [9.17, 15) is 4.79 Å². The SMILES string of the molecule is CCOc1ccc(-c2nnc(SCC(=O)Nc3ccccc3N3CCN(C4CCCCC4)CC3)o2)cc1. The Morgan fingerprint density at radius 3 is 2.54 bits per heavy atom. The van der Waals surface area contributed by atoms with Crippen molar-refractivity contribution in [1.29, 1.82) is 0 Å². The summed E-state index contributed by atoms with van der Waals surface area (Å²) in [4.78, 5) is 17.9. The van der Waals surface area contributed by atoms with Crippen LogP contribution in [0.2, 0.25) is 0 Å². The molecule has 0 spiro atoms. The number of carbonyl (C=O) groups excluding carboxylic acids is 1. The first-order valence-corrected chi connectivity index (χ1v) is 14.3. The molecule has 0 bridgehead atoms. The normalized spacial score (nSPS) is 17.1. The van der Waals surface area contributed by atoms with Crippen LogP contribution in [0.15, 0.2) is 58.2 Å². The molecule has 8 nitrogen and oxygen atoms in total. The second kappa shape index (κ2) is 12.5. The Bertz CT molecular complexity index is 1150. The molecule has 1 aliphatic carbocycles. The third kappa shape index (κ3) is 6.64. The van der Waals surface area contributed by atoms with Gasteiger partial charge in [-0.05, 0) is 56.2 Å². The quantitative estimate of drug-likeness (QED) is 0.379. The predicted octanol–water partition coefficient (Wildman–Crippen LogP) is 5.32. The molecular formula is C28H35N5O3S. The number of para-hydroxylation sites is 2. The first kappa shape index (κ1) is 25.6. The zero-order valence-corrected chi connectivity index (χ0v) is 22.2. The summed E-state index contributed by atoms with van der Waals surface area (Å²) in [6.07, 6.45) is 6.80. The Labute approximate surface area is 222 Å². The molecule has 2 fully saturated rings. The van der Waals surface area contributed by atoms with Gasteiger partial charge in [-0.25, -0.2) is 0 Å². The van der Waals surface area contributed by atoms with E-state index in [1.54, 1.807) is 0 Å². The molecule has 1 N–H and O–H groups in total. The van der Waals surface area contributed by atoms with E-state index in [0.29, 0.717) is 17.7 Å². The van der Waals surface area contributed by atoms with Gasteiger partial charge >= 0.3 is 0 Å². The van der Waals surface area contributed by atoms with Crippen molar-refractivity contribution < 1.29 is 13.9 Å². The van der Waals surface area contributed by atoms with E-state index in [1.165, 1.54) is 43.9 Å². The average molecular weight is 522 g/mol. The molecule has 1 aliphatic heterocycles. The summed E-state index contributed by atoms with van der Waals surface area (Å²) in [5.41, 5.74) is 2.74. The van der Waals surface area contributed by atoms with Gasteiger partial charge in [-0.1, -0.05) is 43.2 Å². The minimum Gasteiger partial charge on any atom is -0.494 e. The summed E-state index contributed by atoms with van der Waals surface area (Å²) in [7, 11) is 0. The summed E-state index contributed by atoms with van der Waals surface area (Å²) in [5, 5.41) is 11.7. The molecule has 9 heteroatoms. The number of amides is 1. The second-order valence-corrected chi connectivity index (χ2v) is 10.4. The molecule has 0 unspecified atom stereocenters. The Kier molecular flexibility index (Phi) is 8.63. The highest BCUT2D eigenvalue weighted by Crippen LogP contribution is 2.30. The maximum absolute atomic E-state index is 12.8. The number of aromatic nitrogens is 2. The van der Waals surface area contributed by atoms with Crippen molar-refractivity contribution in [2.45, 2.75) is 50.3 Å². The number of benzene rings is 2. The molecule has 5 rings (SSSR count). The number of hydrogen-bond acceptors (Lipinski definition) is 8. The van der Waals surface area contributed by atoms with E-state index in [2.05, 4.69) is 31.4 Å². The molecule has 1 aromatic heterocycles. The van der Waals surface area contributed by atoms with Crippen LogP contribution in [0.3, 0.4) is 0 Å². The highest BCUT2D eigenvalue weighted by molar-refractivity contribution is 7.99. The lowest BCUT2D eigenvalue weighted by atomic mass is 9.94. The van der Waals surface area contributed by atoms with Gasteiger partial charge in [0.05, 0.1) is 23.7 Å². The number of hydrogen-bond donors (Lipinski definition) is 1. The van der Waals surface area contributed by atoms with Gasteiger partial charge in [0.15, 0.2) is 0 Å². The summed E-state index contributed by atoms with van der Waals surface area (Å²) >= 11 is 1.23. The van der Waals surface area contributed by atoms with Gasteiger partial charge < -0.3 is 19.4 Å². The summed E-state index contributed by atoms with van der Waals surface area (Å²) in [5.74, 6) is 1.31. The molecule has 0 radical (unpaired) electrons. The molecular weight excluding hydrogens is 486 g/mol. The lowest BCUT2D eigenvalue weighted by Crippen LogP contribution is -2.51. The molecule has 2 aliphatic rings. The number of nitrogens with zero attached hydrogens (tertiary/aromatic N) is 4. The highest BCUT2D eigenvalue weighted by Gasteiger charge is 2.26. The molecule has 196 valence electrons. The number of nitrogens with one attached hydrogen (secondary N) is 1. The van der Waals surface area contributed by atoms with Gasteiger partial charge in [-0.3, -0.25) is 9.69 Å². The topological polar surface area (TPSA) is 83.7 Å². The van der Waals surface area contributed by atoms with Crippen molar-refractivity contribution in [3.05, 3.63) is 48.5 Å². The van der Waals surface area contributed by atoms with Crippen LogP contribution < -0.4 is 15.0 Å². The lowest BCUT2D eigenvalue weighted by molar-refractivity contribution is -0.113. The van der Waals surface area contributed by atoms with Crippen LogP contribution in [0.25, 0.3) is 11.5 Å². The number of ether oxygens (including phenoxy) is 1. The van der Waals surface area contributed by atoms with Gasteiger partial charge in [-0.15, -0.1) is 10.2 Å². The summed E-state index contributed by atoms with van der Waals surface area (Å²) in [6.45, 7) is 6.68. The van der Waals surface area contributed by atoms with E-state index in [1.807, 2.05) is 49.4 Å². The zero-order valence-electron chi connectivity index (χ0n) is 21.4. The molecule has 1 saturated heterocycles. The molecule has 1 amide bonds. The molecule has 2 aromatic carbocycles. The van der Waals surface area contributed by atoms with E-state index in [-0.39, 0.29) is 11.7 Å². The molecule has 1 saturated carbocycles. The molecule has 3 aromatic rings. The largest absolute Gasteiger partial charge is 0.494 e. The van der Waals surface area contributed by atoms with E-state index in [0.717, 1.165) is 54.9 Å². The van der Waals surface area contributed by atoms with E-state index in [4.69, 9.17) is 9.15 Å². The Morgan fingerprint density at radius 1 is 1.03 bits per heavy atom. The van der Waals surface area contributed by atoms with Crippen LogP contribution in [0.4, 0.5) is 11.4 Å². The zero-order chi connectivity index (χ0) is 25.5. The van der Waals surface area contributed by atoms with Gasteiger partial charge in [-0.2, -0.15) is 0 Å².